The Balaban J connectivity index is 0.000000269. The highest BCUT2D eigenvalue weighted by Gasteiger charge is 2.20. The second-order valence-corrected chi connectivity index (χ2v) is 11.7. The number of rotatable bonds is 11. The molecule has 2 fully saturated rings. The summed E-state index contributed by atoms with van der Waals surface area (Å²) in [6, 6.07) is 20.3. The quantitative estimate of drug-likeness (QED) is 0.235. The van der Waals surface area contributed by atoms with Gasteiger partial charge in [0.1, 0.15) is 30.3 Å². The third kappa shape index (κ3) is 10.7. The van der Waals surface area contributed by atoms with Gasteiger partial charge in [0.2, 0.25) is 0 Å². The van der Waals surface area contributed by atoms with Crippen LogP contribution in [0.5, 0.6) is 11.5 Å². The van der Waals surface area contributed by atoms with Gasteiger partial charge >= 0.3 is 5.97 Å². The van der Waals surface area contributed by atoms with Crippen LogP contribution < -0.4 is 14.8 Å². The zero-order valence-corrected chi connectivity index (χ0v) is 25.3. The van der Waals surface area contributed by atoms with E-state index in [1.165, 1.54) is 64.2 Å². The lowest BCUT2D eigenvalue weighted by Gasteiger charge is -2.30. The summed E-state index contributed by atoms with van der Waals surface area (Å²) in [4.78, 5) is 15.2. The molecule has 3 aromatic rings. The molecule has 2 aliphatic carbocycles. The molecule has 2 aromatic carbocycles. The number of carbonyl (C=O) groups is 1. The number of nitrogens with zero attached hydrogens (tertiary/aromatic N) is 2. The van der Waals surface area contributed by atoms with Crippen molar-refractivity contribution in [1.82, 2.24) is 10.3 Å². The van der Waals surface area contributed by atoms with Gasteiger partial charge in [-0.2, -0.15) is 5.26 Å². The van der Waals surface area contributed by atoms with Crippen molar-refractivity contribution in [1.29, 1.82) is 5.26 Å². The number of nitrogens with one attached hydrogen (secondary N) is 1. The molecule has 43 heavy (non-hydrogen) atoms. The Kier molecular flexibility index (Phi) is 12.9. The van der Waals surface area contributed by atoms with E-state index < -0.39 is 12.1 Å². The number of carboxylic acid groups (broad SMARTS) is 1. The van der Waals surface area contributed by atoms with E-state index in [0.717, 1.165) is 28.8 Å². The number of nitriles is 1. The van der Waals surface area contributed by atoms with E-state index in [1.807, 2.05) is 43.3 Å². The third-order valence-electron chi connectivity index (χ3n) is 8.31. The zero-order chi connectivity index (χ0) is 30.3. The van der Waals surface area contributed by atoms with Gasteiger partial charge in [-0.3, -0.25) is 9.78 Å². The molecule has 1 heterocycles. The van der Waals surface area contributed by atoms with Crippen molar-refractivity contribution in [2.75, 3.05) is 0 Å². The van der Waals surface area contributed by atoms with Crippen LogP contribution in [0, 0.1) is 18.3 Å². The molecule has 5 rings (SSSR count). The number of hydrogen-bond donors (Lipinski definition) is 2. The van der Waals surface area contributed by atoms with Gasteiger partial charge in [0, 0.05) is 42.5 Å². The molecule has 0 bridgehead atoms. The SMILES string of the molecule is C1CCC(NC2CCCCC2)CC1.Cc1ccccc1C(CCC(=O)O)Oc1cc(OCc2cccnc2)ccc1C#N. The largest absolute Gasteiger partial charge is 0.489 e. The molecule has 0 amide bonds. The number of pyridine rings is 1. The van der Waals surface area contributed by atoms with E-state index in [9.17, 15) is 10.1 Å². The number of carboxylic acids is 1. The van der Waals surface area contributed by atoms with E-state index in [-0.39, 0.29) is 12.8 Å². The second-order valence-electron chi connectivity index (χ2n) is 11.7. The van der Waals surface area contributed by atoms with Gasteiger partial charge in [0.15, 0.2) is 0 Å². The van der Waals surface area contributed by atoms with Crippen LogP contribution >= 0.6 is 0 Å². The molecule has 2 N–H and O–H groups in total. The van der Waals surface area contributed by atoms with E-state index in [1.54, 1.807) is 30.6 Å². The monoisotopic (exact) mass is 583 g/mol. The minimum Gasteiger partial charge on any atom is -0.489 e. The first kappa shape index (κ1) is 32.0. The molecule has 0 saturated heterocycles. The van der Waals surface area contributed by atoms with Crippen LogP contribution in [0.2, 0.25) is 0 Å². The second kappa shape index (κ2) is 17.3. The third-order valence-corrected chi connectivity index (χ3v) is 8.31. The average Bonchev–Trinajstić information content (AvgIpc) is 3.04. The van der Waals surface area contributed by atoms with Crippen molar-refractivity contribution >= 4 is 5.97 Å². The zero-order valence-electron chi connectivity index (χ0n) is 25.3. The molecule has 1 atom stereocenters. The maximum atomic E-state index is 11.1. The summed E-state index contributed by atoms with van der Waals surface area (Å²) >= 11 is 0. The van der Waals surface area contributed by atoms with Crippen molar-refractivity contribution < 1.29 is 19.4 Å². The van der Waals surface area contributed by atoms with E-state index in [2.05, 4.69) is 16.4 Å². The van der Waals surface area contributed by atoms with Crippen LogP contribution in [0.3, 0.4) is 0 Å². The lowest BCUT2D eigenvalue weighted by molar-refractivity contribution is -0.137. The Morgan fingerprint density at radius 1 is 1.00 bits per heavy atom. The Bertz CT molecular complexity index is 1300. The summed E-state index contributed by atoms with van der Waals surface area (Å²) in [5.74, 6) is 0.0145. The smallest absolute Gasteiger partial charge is 0.303 e. The van der Waals surface area contributed by atoms with E-state index in [0.29, 0.717) is 23.7 Å². The summed E-state index contributed by atoms with van der Waals surface area (Å²) in [6.45, 7) is 2.28. The predicted octanol–water partition coefficient (Wildman–Crippen LogP) is 8.07. The lowest BCUT2D eigenvalue weighted by Crippen LogP contribution is -2.40. The van der Waals surface area contributed by atoms with Crippen LogP contribution in [-0.4, -0.2) is 28.1 Å². The lowest BCUT2D eigenvalue weighted by atomic mass is 9.91. The minimum atomic E-state index is -0.897. The maximum Gasteiger partial charge on any atom is 0.303 e. The molecule has 0 radical (unpaired) electrons. The van der Waals surface area contributed by atoms with Crippen LogP contribution in [0.1, 0.15) is 105 Å². The molecule has 1 aromatic heterocycles. The molecule has 7 nitrogen and oxygen atoms in total. The van der Waals surface area contributed by atoms with Gasteiger partial charge in [0.25, 0.3) is 0 Å². The molecule has 0 spiro atoms. The highest BCUT2D eigenvalue weighted by atomic mass is 16.5. The molecule has 0 aliphatic heterocycles. The fourth-order valence-electron chi connectivity index (χ4n) is 5.94. The fraction of sp³-hybridized carbons (Fsp3) is 0.472. The van der Waals surface area contributed by atoms with E-state index >= 15 is 0 Å². The normalized spacial score (nSPS) is 16.3. The van der Waals surface area contributed by atoms with Crippen molar-refractivity contribution in [3.63, 3.8) is 0 Å². The summed E-state index contributed by atoms with van der Waals surface area (Å²) in [7, 11) is 0. The summed E-state index contributed by atoms with van der Waals surface area (Å²) in [5, 5.41) is 22.5. The predicted molar refractivity (Wildman–Crippen MR) is 168 cm³/mol. The van der Waals surface area contributed by atoms with Gasteiger partial charge in [-0.05, 0) is 68.4 Å². The van der Waals surface area contributed by atoms with Gasteiger partial charge in [0.05, 0.1) is 5.56 Å². The molecule has 7 heteroatoms. The number of hydrogen-bond acceptors (Lipinski definition) is 6. The Hall–Kier alpha value is -3.89. The first-order valence-corrected chi connectivity index (χ1v) is 15.8. The number of aliphatic carboxylic acids is 1. The number of aromatic nitrogens is 1. The first-order valence-electron chi connectivity index (χ1n) is 15.8. The standard InChI is InChI=1S/C24H22N2O4.C12H23N/c1-17-5-2-3-7-21(17)22(10-11-24(27)28)30-23-13-20(9-8-19(23)14-25)29-16-18-6-4-12-26-15-18;1-3-7-11(8-4-1)13-12-9-5-2-6-10-12/h2-9,12-13,15,22H,10-11,16H2,1H3,(H,27,28);11-13H,1-10H2. The highest BCUT2D eigenvalue weighted by molar-refractivity contribution is 5.66. The first-order chi connectivity index (χ1) is 21.0. The van der Waals surface area contributed by atoms with Crippen molar-refractivity contribution in [2.45, 2.75) is 109 Å². The minimum absolute atomic E-state index is 0.0436. The molecular weight excluding hydrogens is 538 g/mol. The van der Waals surface area contributed by atoms with E-state index in [4.69, 9.17) is 14.6 Å². The maximum absolute atomic E-state index is 11.1. The number of aryl methyl sites for hydroxylation is 1. The molecule has 2 saturated carbocycles. The van der Waals surface area contributed by atoms with Crippen LogP contribution in [-0.2, 0) is 11.4 Å². The summed E-state index contributed by atoms with van der Waals surface area (Å²) < 4.78 is 12.0. The molecule has 228 valence electrons. The van der Waals surface area contributed by atoms with Crippen molar-refractivity contribution in [3.8, 4) is 17.6 Å². The molecule has 1 unspecified atom stereocenters. The number of ether oxygens (including phenoxy) is 2. The molecule has 2 aliphatic rings. The van der Waals surface area contributed by atoms with Crippen LogP contribution in [0.25, 0.3) is 0 Å². The summed E-state index contributed by atoms with van der Waals surface area (Å²) in [5.41, 5.74) is 3.17. The van der Waals surface area contributed by atoms with Crippen molar-refractivity contribution in [2.24, 2.45) is 0 Å². The highest BCUT2D eigenvalue weighted by Crippen LogP contribution is 2.33. The fourth-order valence-corrected chi connectivity index (χ4v) is 5.94. The van der Waals surface area contributed by atoms with Gasteiger partial charge in [-0.15, -0.1) is 0 Å². The van der Waals surface area contributed by atoms with Gasteiger partial charge < -0.3 is 19.9 Å². The van der Waals surface area contributed by atoms with Gasteiger partial charge in [-0.1, -0.05) is 68.9 Å². The van der Waals surface area contributed by atoms with Crippen molar-refractivity contribution in [3.05, 3.63) is 89.2 Å². The Morgan fingerprint density at radius 3 is 2.30 bits per heavy atom. The van der Waals surface area contributed by atoms with Crippen LogP contribution in [0.4, 0.5) is 0 Å². The van der Waals surface area contributed by atoms with Gasteiger partial charge in [-0.25, -0.2) is 0 Å². The Labute approximate surface area is 256 Å². The average molecular weight is 584 g/mol. The number of benzene rings is 2. The summed E-state index contributed by atoms with van der Waals surface area (Å²) in [6.07, 6.45) is 17.7. The topological polar surface area (TPSA) is 104 Å². The molecular formula is C36H45N3O4. The van der Waals surface area contributed by atoms with Crippen LogP contribution in [0.15, 0.2) is 67.0 Å². The Morgan fingerprint density at radius 2 is 1.70 bits per heavy atom.